The number of aliphatic imine (C=N–C) groups is 2. The minimum Gasteiger partial charge on any atom is -0.382 e. The molecule has 1 aliphatic heterocycles. The number of carbonyl (C=O) groups excluding carboxylic acids is 2. The van der Waals surface area contributed by atoms with Crippen molar-refractivity contribution in [2.45, 2.75) is 71.4 Å². The Labute approximate surface area is 234 Å². The SMILES string of the molecule is CCCCN(C=O)/C(C)=C(/N=C(NC=O)C(F)F)C(=C1CC1)N(C)CCCCC1N=C(c2ccccn2)ON1C. The van der Waals surface area contributed by atoms with Crippen molar-refractivity contribution in [3.63, 3.8) is 0 Å². The highest BCUT2D eigenvalue weighted by atomic mass is 19.3. The second-order valence-electron chi connectivity index (χ2n) is 9.78. The molecule has 2 aliphatic rings. The number of hydrogen-bond acceptors (Lipinski definition) is 8. The number of allylic oxidation sites excluding steroid dienone is 2. The summed E-state index contributed by atoms with van der Waals surface area (Å²) in [5.74, 6) is -0.251. The van der Waals surface area contributed by atoms with Crippen molar-refractivity contribution in [1.82, 2.24) is 25.2 Å². The predicted molar refractivity (Wildman–Crippen MR) is 149 cm³/mol. The van der Waals surface area contributed by atoms with Crippen LogP contribution in [-0.2, 0) is 14.4 Å². The molecule has 0 saturated heterocycles. The first kappa shape index (κ1) is 30.9. The Kier molecular flexibility index (Phi) is 11.7. The number of nitrogens with one attached hydrogen (secondary N) is 1. The van der Waals surface area contributed by atoms with Crippen LogP contribution in [0.4, 0.5) is 8.78 Å². The van der Waals surface area contributed by atoms with E-state index in [-0.39, 0.29) is 18.3 Å². The van der Waals surface area contributed by atoms with E-state index in [1.165, 1.54) is 4.90 Å². The molecule has 40 heavy (non-hydrogen) atoms. The summed E-state index contributed by atoms with van der Waals surface area (Å²) >= 11 is 0. The zero-order chi connectivity index (χ0) is 29.1. The van der Waals surface area contributed by atoms with Gasteiger partial charge in [-0.2, -0.15) is 0 Å². The number of rotatable bonds is 16. The molecular weight excluding hydrogens is 520 g/mol. The molecule has 0 spiro atoms. The lowest BCUT2D eigenvalue weighted by molar-refractivity contribution is -0.116. The number of alkyl halides is 2. The van der Waals surface area contributed by atoms with Crippen LogP contribution in [0.15, 0.2) is 57.0 Å². The average molecular weight is 560 g/mol. The maximum Gasteiger partial charge on any atom is 0.295 e. The number of carbonyl (C=O) groups is 2. The van der Waals surface area contributed by atoms with Crippen LogP contribution >= 0.6 is 0 Å². The zero-order valence-corrected chi connectivity index (χ0v) is 23.6. The summed E-state index contributed by atoms with van der Waals surface area (Å²) in [5.41, 5.74) is 3.23. The van der Waals surface area contributed by atoms with Gasteiger partial charge in [0.15, 0.2) is 5.84 Å². The minimum absolute atomic E-state index is 0.131. The second-order valence-corrected chi connectivity index (χ2v) is 9.78. The maximum absolute atomic E-state index is 13.7. The molecule has 12 heteroatoms. The van der Waals surface area contributed by atoms with Crippen LogP contribution < -0.4 is 5.32 Å². The van der Waals surface area contributed by atoms with Gasteiger partial charge in [-0.15, -0.1) is 5.06 Å². The fourth-order valence-corrected chi connectivity index (χ4v) is 4.39. The van der Waals surface area contributed by atoms with E-state index in [0.29, 0.717) is 36.8 Å². The summed E-state index contributed by atoms with van der Waals surface area (Å²) in [7, 11) is 3.74. The van der Waals surface area contributed by atoms with Gasteiger partial charge in [-0.05, 0) is 63.2 Å². The lowest BCUT2D eigenvalue weighted by Crippen LogP contribution is -2.31. The number of halogens is 2. The Morgan fingerprint density at radius 3 is 2.62 bits per heavy atom. The van der Waals surface area contributed by atoms with E-state index in [1.807, 2.05) is 49.4 Å². The highest BCUT2D eigenvalue weighted by Gasteiger charge is 2.29. The lowest BCUT2D eigenvalue weighted by atomic mass is 10.1. The van der Waals surface area contributed by atoms with Crippen molar-refractivity contribution in [3.8, 4) is 0 Å². The van der Waals surface area contributed by atoms with Crippen molar-refractivity contribution < 1.29 is 23.2 Å². The van der Waals surface area contributed by atoms with Gasteiger partial charge in [-0.25, -0.2) is 18.8 Å². The van der Waals surface area contributed by atoms with E-state index in [2.05, 4.69) is 15.0 Å². The number of likely N-dealkylation sites (N-methyl/N-ethyl adjacent to an activating group) is 1. The summed E-state index contributed by atoms with van der Waals surface area (Å²) in [6, 6.07) is 5.57. The fourth-order valence-electron chi connectivity index (χ4n) is 4.39. The average Bonchev–Trinajstić information content (AvgIpc) is 3.72. The molecule has 1 fully saturated rings. The predicted octanol–water partition coefficient (Wildman–Crippen LogP) is 4.08. The van der Waals surface area contributed by atoms with E-state index >= 15 is 0 Å². The van der Waals surface area contributed by atoms with Gasteiger partial charge in [-0.1, -0.05) is 19.4 Å². The summed E-state index contributed by atoms with van der Waals surface area (Å²) in [4.78, 5) is 45.4. The van der Waals surface area contributed by atoms with Gasteiger partial charge in [0, 0.05) is 39.1 Å². The molecule has 0 bridgehead atoms. The Bertz CT molecular complexity index is 1130. The molecule has 1 aromatic heterocycles. The maximum atomic E-state index is 13.7. The van der Waals surface area contributed by atoms with Crippen molar-refractivity contribution >= 4 is 24.6 Å². The number of amidine groups is 1. The molecule has 1 aliphatic carbocycles. The first-order valence-corrected chi connectivity index (χ1v) is 13.6. The summed E-state index contributed by atoms with van der Waals surface area (Å²) in [6.07, 6.45) is 5.16. The van der Waals surface area contributed by atoms with E-state index in [9.17, 15) is 18.4 Å². The van der Waals surface area contributed by atoms with E-state index < -0.39 is 12.3 Å². The quantitative estimate of drug-likeness (QED) is 0.142. The summed E-state index contributed by atoms with van der Waals surface area (Å²) in [6.45, 7) is 4.80. The van der Waals surface area contributed by atoms with Crippen LogP contribution in [0.5, 0.6) is 0 Å². The van der Waals surface area contributed by atoms with E-state index in [0.717, 1.165) is 56.2 Å². The third-order valence-corrected chi connectivity index (χ3v) is 6.75. The van der Waals surface area contributed by atoms with Gasteiger partial charge in [-0.3, -0.25) is 14.6 Å². The molecule has 218 valence electrons. The van der Waals surface area contributed by atoms with Gasteiger partial charge in [0.05, 0.1) is 5.70 Å². The van der Waals surface area contributed by atoms with Crippen molar-refractivity contribution in [2.75, 3.05) is 27.2 Å². The van der Waals surface area contributed by atoms with Crippen molar-refractivity contribution in [2.24, 2.45) is 9.98 Å². The van der Waals surface area contributed by atoms with Crippen LogP contribution in [0.3, 0.4) is 0 Å². The number of hydroxylamine groups is 2. The van der Waals surface area contributed by atoms with Crippen LogP contribution in [0.25, 0.3) is 0 Å². The molecule has 2 amide bonds. The van der Waals surface area contributed by atoms with Gasteiger partial charge in [0.2, 0.25) is 12.8 Å². The number of aromatic nitrogens is 1. The molecule has 1 saturated carbocycles. The normalized spacial score (nSPS) is 17.7. The third kappa shape index (κ3) is 8.41. The second kappa shape index (κ2) is 15.2. The molecule has 0 radical (unpaired) electrons. The molecule has 1 atom stereocenters. The van der Waals surface area contributed by atoms with Crippen LogP contribution in [0, 0.1) is 0 Å². The monoisotopic (exact) mass is 559 g/mol. The first-order valence-electron chi connectivity index (χ1n) is 13.6. The smallest absolute Gasteiger partial charge is 0.295 e. The summed E-state index contributed by atoms with van der Waals surface area (Å²) < 4.78 is 27.4. The lowest BCUT2D eigenvalue weighted by Gasteiger charge is -2.28. The summed E-state index contributed by atoms with van der Waals surface area (Å²) in [5, 5.41) is 3.75. The van der Waals surface area contributed by atoms with E-state index in [1.54, 1.807) is 18.2 Å². The Morgan fingerprint density at radius 2 is 2.02 bits per heavy atom. The Morgan fingerprint density at radius 1 is 1.25 bits per heavy atom. The van der Waals surface area contributed by atoms with Gasteiger partial charge >= 0.3 is 0 Å². The molecule has 2 heterocycles. The van der Waals surface area contributed by atoms with E-state index in [4.69, 9.17) is 4.84 Å². The number of unbranched alkanes of at least 4 members (excludes halogenated alkanes) is 2. The number of nitrogens with zero attached hydrogens (tertiary/aromatic N) is 6. The highest BCUT2D eigenvalue weighted by molar-refractivity contribution is 5.94. The van der Waals surface area contributed by atoms with Crippen LogP contribution in [0.1, 0.15) is 64.5 Å². The van der Waals surface area contributed by atoms with Crippen LogP contribution in [0.2, 0.25) is 0 Å². The molecule has 1 aromatic rings. The molecule has 1 N–H and O–H groups in total. The number of pyridine rings is 1. The zero-order valence-electron chi connectivity index (χ0n) is 23.6. The topological polar surface area (TPSA) is 103 Å². The number of hydrogen-bond donors (Lipinski definition) is 1. The number of amides is 2. The minimum atomic E-state index is -2.98. The van der Waals surface area contributed by atoms with Gasteiger partial charge in [0.1, 0.15) is 17.6 Å². The molecular formula is C28H39F2N7O3. The Hall–Kier alpha value is -3.67. The standard InChI is InChI=1S/C28H39F2N7O3/c1-5-6-17-37(19-39)20(2)24(34-27(26(29)30)32-18-38)25(21-13-14-21)35(3)16-10-8-12-23-33-28(40-36(23)4)22-11-7-9-15-31-22/h7,9,11,15,18-19,23,26H,5-6,8,10,12-14,16-17H2,1-4H3,(H,32,34,38)/b24-20+. The van der Waals surface area contributed by atoms with Gasteiger partial charge in [0.25, 0.3) is 12.3 Å². The molecule has 10 nitrogen and oxygen atoms in total. The highest BCUT2D eigenvalue weighted by Crippen LogP contribution is 2.38. The first-order chi connectivity index (χ1) is 19.3. The van der Waals surface area contributed by atoms with Crippen molar-refractivity contribution in [3.05, 3.63) is 52.8 Å². The van der Waals surface area contributed by atoms with Crippen molar-refractivity contribution in [1.29, 1.82) is 0 Å². The Balaban J connectivity index is 1.75. The molecule has 3 rings (SSSR count). The third-order valence-electron chi connectivity index (χ3n) is 6.75. The molecule has 1 unspecified atom stereocenters. The largest absolute Gasteiger partial charge is 0.382 e. The van der Waals surface area contributed by atoms with Crippen LogP contribution in [-0.4, -0.2) is 84.2 Å². The van der Waals surface area contributed by atoms with Gasteiger partial charge < -0.3 is 20.0 Å². The molecule has 0 aromatic carbocycles. The fraction of sp³-hybridized carbons (Fsp3) is 0.536.